The van der Waals surface area contributed by atoms with E-state index in [4.69, 9.17) is 5.11 Å². The highest BCUT2D eigenvalue weighted by atomic mass is 32.2. The van der Waals surface area contributed by atoms with E-state index < -0.39 is 11.7 Å². The second-order valence-electron chi connectivity index (χ2n) is 3.98. The first-order valence-corrected chi connectivity index (χ1v) is 6.32. The Morgan fingerprint density at radius 3 is 2.95 bits per heavy atom. The van der Waals surface area contributed by atoms with Crippen LogP contribution in [-0.2, 0) is 11.3 Å². The first kappa shape index (κ1) is 11.8. The van der Waals surface area contributed by atoms with Crippen LogP contribution in [0, 0.1) is 0 Å². The van der Waals surface area contributed by atoms with Crippen LogP contribution in [0.5, 0.6) is 0 Å². The Bertz CT molecular complexity index is 726. The Kier molecular flexibility index (Phi) is 2.75. The minimum atomic E-state index is -1.07. The SMILES string of the molecule is O=C(O)Cn1cc2c(nc1=O)Nc1ccccc1S2. The molecule has 3 rings (SSSR count). The minimum Gasteiger partial charge on any atom is -0.480 e. The zero-order chi connectivity index (χ0) is 13.4. The molecule has 19 heavy (non-hydrogen) atoms. The molecule has 0 aliphatic carbocycles. The lowest BCUT2D eigenvalue weighted by molar-refractivity contribution is -0.137. The average Bonchev–Trinajstić information content (AvgIpc) is 2.37. The van der Waals surface area contributed by atoms with E-state index in [0.717, 1.165) is 20.0 Å². The topological polar surface area (TPSA) is 84.2 Å². The molecule has 2 heterocycles. The van der Waals surface area contributed by atoms with E-state index in [1.807, 2.05) is 24.3 Å². The Balaban J connectivity index is 2.04. The van der Waals surface area contributed by atoms with Crippen molar-refractivity contribution < 1.29 is 9.90 Å². The van der Waals surface area contributed by atoms with Gasteiger partial charge in [0.05, 0.1) is 10.6 Å². The molecule has 1 aromatic heterocycles. The number of anilines is 2. The smallest absolute Gasteiger partial charge is 0.350 e. The van der Waals surface area contributed by atoms with Crippen LogP contribution in [0.4, 0.5) is 11.5 Å². The number of nitrogens with zero attached hydrogens (tertiary/aromatic N) is 2. The zero-order valence-electron chi connectivity index (χ0n) is 9.66. The predicted octanol–water partition coefficient (Wildman–Crippen LogP) is 1.54. The molecule has 0 bridgehead atoms. The summed E-state index contributed by atoms with van der Waals surface area (Å²) < 4.78 is 1.09. The highest BCUT2D eigenvalue weighted by Crippen LogP contribution is 2.42. The number of hydrogen-bond donors (Lipinski definition) is 2. The van der Waals surface area contributed by atoms with Gasteiger partial charge in [0.15, 0.2) is 5.82 Å². The largest absolute Gasteiger partial charge is 0.480 e. The number of aromatic nitrogens is 2. The number of para-hydroxylation sites is 1. The maximum absolute atomic E-state index is 11.7. The third kappa shape index (κ3) is 2.19. The van der Waals surface area contributed by atoms with E-state index in [1.165, 1.54) is 18.0 Å². The lowest BCUT2D eigenvalue weighted by atomic mass is 10.3. The fourth-order valence-electron chi connectivity index (χ4n) is 1.80. The van der Waals surface area contributed by atoms with Gasteiger partial charge in [0.1, 0.15) is 6.54 Å². The number of hydrogen-bond acceptors (Lipinski definition) is 5. The predicted molar refractivity (Wildman–Crippen MR) is 70.0 cm³/mol. The molecule has 0 amide bonds. The lowest BCUT2D eigenvalue weighted by Gasteiger charge is -2.19. The van der Waals surface area contributed by atoms with E-state index in [9.17, 15) is 9.59 Å². The van der Waals surface area contributed by atoms with Crippen LogP contribution in [0.15, 0.2) is 45.0 Å². The summed E-state index contributed by atoms with van der Waals surface area (Å²) in [6.45, 7) is -0.388. The molecule has 0 atom stereocenters. The van der Waals surface area contributed by atoms with Crippen LogP contribution < -0.4 is 11.0 Å². The van der Waals surface area contributed by atoms with Gasteiger partial charge in [0.2, 0.25) is 0 Å². The van der Waals surface area contributed by atoms with Gasteiger partial charge in [-0.05, 0) is 12.1 Å². The summed E-state index contributed by atoms with van der Waals surface area (Å²) in [5.41, 5.74) is 0.316. The van der Waals surface area contributed by atoms with Crippen LogP contribution >= 0.6 is 11.8 Å². The maximum atomic E-state index is 11.7. The van der Waals surface area contributed by atoms with E-state index in [-0.39, 0.29) is 6.54 Å². The van der Waals surface area contributed by atoms with Gasteiger partial charge in [-0.1, -0.05) is 23.9 Å². The van der Waals surface area contributed by atoms with Gasteiger partial charge in [-0.15, -0.1) is 0 Å². The number of fused-ring (bicyclic) bond motifs is 2. The molecule has 1 aromatic carbocycles. The van der Waals surface area contributed by atoms with Crippen molar-refractivity contribution >= 4 is 29.2 Å². The summed E-state index contributed by atoms with van der Waals surface area (Å²) in [6.07, 6.45) is 1.52. The lowest BCUT2D eigenvalue weighted by Crippen LogP contribution is -2.27. The first-order chi connectivity index (χ1) is 9.13. The number of carboxylic acid groups (broad SMARTS) is 1. The van der Waals surface area contributed by atoms with Crippen LogP contribution in [0.1, 0.15) is 0 Å². The van der Waals surface area contributed by atoms with E-state index in [1.54, 1.807) is 0 Å². The number of carboxylic acids is 1. The molecule has 0 saturated carbocycles. The summed E-state index contributed by atoms with van der Waals surface area (Å²) in [4.78, 5) is 28.0. The van der Waals surface area contributed by atoms with Crippen molar-refractivity contribution in [3.05, 3.63) is 40.9 Å². The number of rotatable bonds is 2. The third-order valence-corrected chi connectivity index (χ3v) is 3.72. The number of aliphatic carboxylic acids is 1. The normalized spacial score (nSPS) is 12.2. The zero-order valence-corrected chi connectivity index (χ0v) is 10.5. The molecule has 7 heteroatoms. The molecule has 1 aliphatic heterocycles. The Hall–Kier alpha value is -2.28. The molecule has 1 aliphatic rings. The van der Waals surface area contributed by atoms with Gasteiger partial charge < -0.3 is 10.4 Å². The van der Waals surface area contributed by atoms with Gasteiger partial charge in [0, 0.05) is 11.1 Å². The van der Waals surface area contributed by atoms with Crippen LogP contribution in [0.25, 0.3) is 0 Å². The Morgan fingerprint density at radius 1 is 1.37 bits per heavy atom. The number of carbonyl (C=O) groups is 1. The van der Waals surface area contributed by atoms with Crippen molar-refractivity contribution in [3.8, 4) is 0 Å². The fraction of sp³-hybridized carbons (Fsp3) is 0.0833. The molecular formula is C12H9N3O3S. The standard InChI is InChI=1S/C12H9N3O3S/c16-10(17)6-15-5-9-11(14-12(15)18)13-7-3-1-2-4-8(7)19-9/h1-5H,6H2,(H,16,17)(H,13,14,18). The van der Waals surface area contributed by atoms with E-state index in [2.05, 4.69) is 10.3 Å². The Morgan fingerprint density at radius 2 is 2.16 bits per heavy atom. The molecule has 0 fully saturated rings. The van der Waals surface area contributed by atoms with Crippen molar-refractivity contribution in [2.24, 2.45) is 0 Å². The van der Waals surface area contributed by atoms with Crippen LogP contribution in [-0.4, -0.2) is 20.6 Å². The number of nitrogens with one attached hydrogen (secondary N) is 1. The second kappa shape index (κ2) is 4.43. The van der Waals surface area contributed by atoms with E-state index >= 15 is 0 Å². The van der Waals surface area contributed by atoms with Crippen molar-refractivity contribution in [2.45, 2.75) is 16.3 Å². The molecule has 0 saturated heterocycles. The first-order valence-electron chi connectivity index (χ1n) is 5.50. The summed E-state index contributed by atoms with van der Waals surface area (Å²) in [6, 6.07) is 7.65. The molecule has 0 spiro atoms. The summed E-state index contributed by atoms with van der Waals surface area (Å²) in [5.74, 6) is -0.603. The highest BCUT2D eigenvalue weighted by Gasteiger charge is 2.18. The maximum Gasteiger partial charge on any atom is 0.350 e. The van der Waals surface area contributed by atoms with Gasteiger partial charge in [-0.3, -0.25) is 9.36 Å². The van der Waals surface area contributed by atoms with Crippen LogP contribution in [0.3, 0.4) is 0 Å². The molecular weight excluding hydrogens is 266 g/mol. The monoisotopic (exact) mass is 275 g/mol. The summed E-state index contributed by atoms with van der Waals surface area (Å²) in [7, 11) is 0. The summed E-state index contributed by atoms with van der Waals surface area (Å²) >= 11 is 1.45. The van der Waals surface area contributed by atoms with Crippen molar-refractivity contribution in [1.82, 2.24) is 9.55 Å². The minimum absolute atomic E-state index is 0.388. The average molecular weight is 275 g/mol. The summed E-state index contributed by atoms with van der Waals surface area (Å²) in [5, 5.41) is 11.8. The van der Waals surface area contributed by atoms with Gasteiger partial charge in [0.25, 0.3) is 0 Å². The van der Waals surface area contributed by atoms with Crippen molar-refractivity contribution in [1.29, 1.82) is 0 Å². The van der Waals surface area contributed by atoms with Gasteiger partial charge >= 0.3 is 11.7 Å². The highest BCUT2D eigenvalue weighted by molar-refractivity contribution is 7.99. The molecule has 0 radical (unpaired) electrons. The molecule has 96 valence electrons. The second-order valence-corrected chi connectivity index (χ2v) is 5.06. The van der Waals surface area contributed by atoms with Gasteiger partial charge in [-0.25, -0.2) is 4.79 Å². The van der Waals surface area contributed by atoms with Crippen molar-refractivity contribution in [2.75, 3.05) is 5.32 Å². The fourth-order valence-corrected chi connectivity index (χ4v) is 2.79. The van der Waals surface area contributed by atoms with Crippen molar-refractivity contribution in [3.63, 3.8) is 0 Å². The van der Waals surface area contributed by atoms with Gasteiger partial charge in [-0.2, -0.15) is 4.98 Å². The molecule has 0 unspecified atom stereocenters. The molecule has 6 nitrogen and oxygen atoms in total. The van der Waals surface area contributed by atoms with E-state index in [0.29, 0.717) is 5.82 Å². The third-order valence-electron chi connectivity index (χ3n) is 2.63. The molecule has 2 N–H and O–H groups in total. The molecule has 2 aromatic rings. The number of benzene rings is 1. The van der Waals surface area contributed by atoms with Crippen LogP contribution in [0.2, 0.25) is 0 Å². The quantitative estimate of drug-likeness (QED) is 0.738. The Labute approximate surface area is 112 Å².